The van der Waals surface area contributed by atoms with Crippen LogP contribution in [0.5, 0.6) is 0 Å². The van der Waals surface area contributed by atoms with Gasteiger partial charge < -0.3 is 16.8 Å². The summed E-state index contributed by atoms with van der Waals surface area (Å²) in [5.74, 6) is -0.466. The lowest BCUT2D eigenvalue weighted by atomic mass is 10.1. The molecule has 6 heteroatoms. The number of nitrogens with two attached hydrogens (primary N) is 2. The molecule has 0 heterocycles. The predicted octanol–water partition coefficient (Wildman–Crippen LogP) is 1.21. The molecule has 0 aliphatic heterocycles. The summed E-state index contributed by atoms with van der Waals surface area (Å²) < 4.78 is 0. The third-order valence-electron chi connectivity index (χ3n) is 2.05. The van der Waals surface area contributed by atoms with E-state index in [1.807, 2.05) is 6.07 Å². The second kappa shape index (κ2) is 6.33. The molecule has 5 N–H and O–H groups in total. The zero-order chi connectivity index (χ0) is 13.5. The molecule has 0 spiro atoms. The summed E-state index contributed by atoms with van der Waals surface area (Å²) in [6.07, 6.45) is 3.87. The van der Waals surface area contributed by atoms with Crippen LogP contribution >= 0.6 is 11.6 Å². The van der Waals surface area contributed by atoms with Gasteiger partial charge in [-0.15, -0.1) is 0 Å². The molecule has 0 aliphatic rings. The van der Waals surface area contributed by atoms with Crippen LogP contribution in [0.1, 0.15) is 15.9 Å². The van der Waals surface area contributed by atoms with Crippen LogP contribution in [0.4, 0.5) is 0 Å². The Morgan fingerprint density at radius 1 is 1.44 bits per heavy atom. The fourth-order valence-corrected chi connectivity index (χ4v) is 1.41. The van der Waals surface area contributed by atoms with Gasteiger partial charge in [0.15, 0.2) is 0 Å². The number of carbonyl (C=O) groups excluding carboxylic acids is 1. The molecule has 0 saturated heterocycles. The number of rotatable bonds is 3. The zero-order valence-corrected chi connectivity index (χ0v) is 10.1. The van der Waals surface area contributed by atoms with Crippen molar-refractivity contribution in [2.45, 2.75) is 0 Å². The van der Waals surface area contributed by atoms with E-state index < -0.39 is 5.91 Å². The number of benzene rings is 1. The molecule has 1 amide bonds. The van der Waals surface area contributed by atoms with Crippen LogP contribution in [0.2, 0.25) is 5.02 Å². The number of halogens is 1. The van der Waals surface area contributed by atoms with Gasteiger partial charge >= 0.3 is 0 Å². The number of nitriles is 1. The van der Waals surface area contributed by atoms with E-state index in [1.165, 1.54) is 36.7 Å². The third kappa shape index (κ3) is 3.27. The molecular weight excluding hydrogens is 252 g/mol. The largest absolute Gasteiger partial charge is 0.405 e. The molecule has 0 bridgehead atoms. The highest BCUT2D eigenvalue weighted by Gasteiger charge is 2.11. The zero-order valence-electron chi connectivity index (χ0n) is 9.35. The number of amides is 1. The first-order chi connectivity index (χ1) is 8.62. The smallest absolute Gasteiger partial charge is 0.257 e. The van der Waals surface area contributed by atoms with Crippen molar-refractivity contribution >= 4 is 17.5 Å². The van der Waals surface area contributed by atoms with Crippen LogP contribution in [0.3, 0.4) is 0 Å². The van der Waals surface area contributed by atoms with Crippen LogP contribution in [0.15, 0.2) is 42.4 Å². The Bertz CT molecular complexity index is 558. The Hall–Kier alpha value is -2.45. The van der Waals surface area contributed by atoms with E-state index in [0.29, 0.717) is 11.3 Å². The highest BCUT2D eigenvalue weighted by Crippen LogP contribution is 2.17. The van der Waals surface area contributed by atoms with Crippen LogP contribution in [-0.4, -0.2) is 5.91 Å². The lowest BCUT2D eigenvalue weighted by molar-refractivity contribution is 0.0967. The first-order valence-electron chi connectivity index (χ1n) is 4.93. The van der Waals surface area contributed by atoms with Gasteiger partial charge in [-0.25, -0.2) is 0 Å². The molecule has 1 aromatic rings. The summed E-state index contributed by atoms with van der Waals surface area (Å²) in [5, 5.41) is 11.5. The van der Waals surface area contributed by atoms with Crippen LogP contribution in [0, 0.1) is 11.3 Å². The van der Waals surface area contributed by atoms with Crippen molar-refractivity contribution in [2.75, 3.05) is 0 Å². The maximum absolute atomic E-state index is 11.9. The number of hydrogen-bond donors (Lipinski definition) is 3. The van der Waals surface area contributed by atoms with E-state index in [-0.39, 0.29) is 10.6 Å². The summed E-state index contributed by atoms with van der Waals surface area (Å²) in [4.78, 5) is 11.9. The summed E-state index contributed by atoms with van der Waals surface area (Å²) >= 11 is 5.89. The van der Waals surface area contributed by atoms with Crippen LogP contribution in [0.25, 0.3) is 0 Å². The molecule has 0 unspecified atom stereocenters. The van der Waals surface area contributed by atoms with E-state index in [2.05, 4.69) is 5.32 Å². The van der Waals surface area contributed by atoms with Crippen molar-refractivity contribution in [1.82, 2.24) is 5.32 Å². The maximum Gasteiger partial charge on any atom is 0.257 e. The Morgan fingerprint density at radius 3 is 2.72 bits per heavy atom. The Morgan fingerprint density at radius 2 is 2.17 bits per heavy atom. The van der Waals surface area contributed by atoms with E-state index in [1.54, 1.807) is 0 Å². The molecule has 0 aliphatic carbocycles. The lowest BCUT2D eigenvalue weighted by Crippen LogP contribution is -2.23. The molecule has 1 rings (SSSR count). The van der Waals surface area contributed by atoms with Gasteiger partial charge in [-0.1, -0.05) is 11.6 Å². The van der Waals surface area contributed by atoms with E-state index in [0.717, 1.165) is 0 Å². The van der Waals surface area contributed by atoms with E-state index in [4.69, 9.17) is 28.3 Å². The van der Waals surface area contributed by atoms with Crippen LogP contribution < -0.4 is 16.8 Å². The van der Waals surface area contributed by atoms with Crippen LogP contribution in [-0.2, 0) is 0 Å². The molecule has 0 saturated carbocycles. The molecule has 1 aromatic carbocycles. The summed E-state index contributed by atoms with van der Waals surface area (Å²) in [6.45, 7) is 0. The molecule has 0 fully saturated rings. The van der Waals surface area contributed by atoms with Crippen molar-refractivity contribution in [3.05, 3.63) is 58.5 Å². The topological polar surface area (TPSA) is 105 Å². The SMILES string of the molecule is N#Cc1ccc(Cl)c(C(=O)NC(/C=C\N)=C/N)c1. The molecular formula is C12H11ClN4O. The maximum atomic E-state index is 11.9. The predicted molar refractivity (Wildman–Crippen MR) is 69.2 cm³/mol. The van der Waals surface area contributed by atoms with E-state index >= 15 is 0 Å². The third-order valence-corrected chi connectivity index (χ3v) is 2.38. The minimum Gasteiger partial charge on any atom is -0.405 e. The average molecular weight is 263 g/mol. The fourth-order valence-electron chi connectivity index (χ4n) is 1.21. The van der Waals surface area contributed by atoms with Gasteiger partial charge in [-0.3, -0.25) is 4.79 Å². The number of allylic oxidation sites excluding steroid dienone is 1. The normalized spacial score (nSPS) is 11.2. The van der Waals surface area contributed by atoms with Gasteiger partial charge in [0.1, 0.15) is 0 Å². The Labute approximate surface area is 109 Å². The number of nitrogens with zero attached hydrogens (tertiary/aromatic N) is 1. The van der Waals surface area contributed by atoms with Crippen molar-refractivity contribution in [3.8, 4) is 6.07 Å². The van der Waals surface area contributed by atoms with Gasteiger partial charge in [0.25, 0.3) is 5.91 Å². The number of carbonyl (C=O) groups is 1. The second-order valence-corrected chi connectivity index (χ2v) is 3.65. The monoisotopic (exact) mass is 262 g/mol. The lowest BCUT2D eigenvalue weighted by Gasteiger charge is -2.07. The molecule has 92 valence electrons. The number of nitrogens with one attached hydrogen (secondary N) is 1. The van der Waals surface area contributed by atoms with Gasteiger partial charge in [-0.05, 0) is 30.5 Å². The summed E-state index contributed by atoms with van der Waals surface area (Å²) in [5.41, 5.74) is 11.4. The van der Waals surface area contributed by atoms with Gasteiger partial charge in [0.05, 0.1) is 27.9 Å². The standard InChI is InChI=1S/C12H11ClN4O/c13-11-2-1-8(6-15)5-10(11)12(18)17-9(7-16)3-4-14/h1-5,7H,14,16H2,(H,17,18)/b4-3-,9-7+. The Kier molecular flexibility index (Phi) is 4.78. The van der Waals surface area contributed by atoms with Gasteiger partial charge in [-0.2, -0.15) is 5.26 Å². The van der Waals surface area contributed by atoms with Crippen molar-refractivity contribution in [2.24, 2.45) is 11.5 Å². The second-order valence-electron chi connectivity index (χ2n) is 3.24. The average Bonchev–Trinajstić information content (AvgIpc) is 2.38. The minimum atomic E-state index is -0.466. The molecule has 0 radical (unpaired) electrons. The fraction of sp³-hybridized carbons (Fsp3) is 0. The summed E-state index contributed by atoms with van der Waals surface area (Å²) in [7, 11) is 0. The molecule has 5 nitrogen and oxygen atoms in total. The minimum absolute atomic E-state index is 0.195. The summed E-state index contributed by atoms with van der Waals surface area (Å²) in [6, 6.07) is 6.34. The first-order valence-corrected chi connectivity index (χ1v) is 5.31. The van der Waals surface area contributed by atoms with E-state index in [9.17, 15) is 4.79 Å². The van der Waals surface area contributed by atoms with Gasteiger partial charge in [0, 0.05) is 6.20 Å². The molecule has 0 aromatic heterocycles. The molecule has 18 heavy (non-hydrogen) atoms. The van der Waals surface area contributed by atoms with Crippen molar-refractivity contribution in [3.63, 3.8) is 0 Å². The quantitative estimate of drug-likeness (QED) is 0.712. The highest BCUT2D eigenvalue weighted by atomic mass is 35.5. The van der Waals surface area contributed by atoms with Gasteiger partial charge in [0.2, 0.25) is 0 Å². The molecule has 0 atom stereocenters. The Balaban J connectivity index is 3.01. The van der Waals surface area contributed by atoms with Crippen molar-refractivity contribution < 1.29 is 4.79 Å². The van der Waals surface area contributed by atoms with Crippen molar-refractivity contribution in [1.29, 1.82) is 5.26 Å². The number of hydrogen-bond acceptors (Lipinski definition) is 4. The first kappa shape index (κ1) is 13.6. The highest BCUT2D eigenvalue weighted by molar-refractivity contribution is 6.33.